The van der Waals surface area contributed by atoms with Gasteiger partial charge in [-0.1, -0.05) is 12.1 Å². The smallest absolute Gasteiger partial charge is 0.326 e. The Balaban J connectivity index is 2.18. The van der Waals surface area contributed by atoms with E-state index in [1.54, 1.807) is 19.1 Å². The van der Waals surface area contributed by atoms with Gasteiger partial charge >= 0.3 is 5.97 Å². The predicted molar refractivity (Wildman–Crippen MR) is 62.3 cm³/mol. The van der Waals surface area contributed by atoms with E-state index in [-0.39, 0.29) is 24.7 Å². The van der Waals surface area contributed by atoms with Crippen LogP contribution in [0.1, 0.15) is 24.0 Å². The van der Waals surface area contributed by atoms with Crippen LogP contribution in [-0.2, 0) is 16.1 Å². The molecule has 0 spiro atoms. The molecule has 96 valence electrons. The number of benzene rings is 1. The normalized spacial score (nSPS) is 19.3. The average molecular weight is 251 g/mol. The molecule has 1 saturated heterocycles. The van der Waals surface area contributed by atoms with Gasteiger partial charge in [-0.15, -0.1) is 0 Å². The molecule has 1 N–H and O–H groups in total. The fraction of sp³-hybridized carbons (Fsp3) is 0.385. The first-order valence-electron chi connectivity index (χ1n) is 5.76. The van der Waals surface area contributed by atoms with Crippen molar-refractivity contribution in [1.82, 2.24) is 4.90 Å². The number of aryl methyl sites for hydroxylation is 1. The summed E-state index contributed by atoms with van der Waals surface area (Å²) in [5.74, 6) is -1.54. The number of halogens is 1. The number of carboxylic acids is 1. The summed E-state index contributed by atoms with van der Waals surface area (Å²) >= 11 is 0. The minimum Gasteiger partial charge on any atom is -0.480 e. The van der Waals surface area contributed by atoms with Gasteiger partial charge in [0.15, 0.2) is 0 Å². The lowest BCUT2D eigenvalue weighted by atomic mass is 10.1. The van der Waals surface area contributed by atoms with Crippen molar-refractivity contribution in [2.24, 2.45) is 0 Å². The number of amides is 1. The second kappa shape index (κ2) is 4.76. The van der Waals surface area contributed by atoms with Gasteiger partial charge in [0, 0.05) is 13.0 Å². The maximum atomic E-state index is 13.4. The highest BCUT2D eigenvalue weighted by atomic mass is 19.1. The van der Waals surface area contributed by atoms with Crippen molar-refractivity contribution < 1.29 is 19.1 Å². The van der Waals surface area contributed by atoms with Gasteiger partial charge in [0.25, 0.3) is 0 Å². The highest BCUT2D eigenvalue weighted by Crippen LogP contribution is 2.22. The molecule has 1 aliphatic heterocycles. The average Bonchev–Trinajstić information content (AvgIpc) is 2.66. The zero-order chi connectivity index (χ0) is 13.3. The van der Waals surface area contributed by atoms with E-state index in [1.165, 1.54) is 11.0 Å². The van der Waals surface area contributed by atoms with Crippen LogP contribution in [0.2, 0.25) is 0 Å². The number of aliphatic carboxylic acids is 1. The molecule has 2 rings (SSSR count). The van der Waals surface area contributed by atoms with Gasteiger partial charge in [0.2, 0.25) is 5.91 Å². The molecule has 1 aromatic carbocycles. The van der Waals surface area contributed by atoms with Gasteiger partial charge in [-0.2, -0.15) is 0 Å². The van der Waals surface area contributed by atoms with E-state index >= 15 is 0 Å². The molecular weight excluding hydrogens is 237 g/mol. The van der Waals surface area contributed by atoms with Crippen LogP contribution in [0.4, 0.5) is 4.39 Å². The van der Waals surface area contributed by atoms with Gasteiger partial charge in [0.1, 0.15) is 11.9 Å². The second-order valence-electron chi connectivity index (χ2n) is 4.50. The topological polar surface area (TPSA) is 57.6 Å². The Morgan fingerprint density at radius 3 is 2.89 bits per heavy atom. The molecule has 1 fully saturated rings. The molecule has 4 nitrogen and oxygen atoms in total. The van der Waals surface area contributed by atoms with Crippen molar-refractivity contribution in [2.75, 3.05) is 0 Å². The zero-order valence-corrected chi connectivity index (χ0v) is 10.0. The molecule has 1 atom stereocenters. The van der Waals surface area contributed by atoms with E-state index in [0.29, 0.717) is 17.5 Å². The van der Waals surface area contributed by atoms with Crippen LogP contribution < -0.4 is 0 Å². The van der Waals surface area contributed by atoms with E-state index in [4.69, 9.17) is 5.11 Å². The van der Waals surface area contributed by atoms with E-state index in [1.807, 2.05) is 0 Å². The van der Waals surface area contributed by atoms with Crippen LogP contribution in [0, 0.1) is 12.7 Å². The third-order valence-electron chi connectivity index (χ3n) is 3.20. The van der Waals surface area contributed by atoms with E-state index in [2.05, 4.69) is 0 Å². The summed E-state index contributed by atoms with van der Waals surface area (Å²) in [6.45, 7) is 1.80. The zero-order valence-electron chi connectivity index (χ0n) is 10.0. The lowest BCUT2D eigenvalue weighted by Gasteiger charge is -2.21. The SMILES string of the molecule is Cc1ccc(CN2C(=O)CCC2C(=O)O)cc1F. The summed E-state index contributed by atoms with van der Waals surface area (Å²) < 4.78 is 13.4. The monoisotopic (exact) mass is 251 g/mol. The van der Waals surface area contributed by atoms with Crippen molar-refractivity contribution in [3.8, 4) is 0 Å². The van der Waals surface area contributed by atoms with Crippen LogP contribution in [-0.4, -0.2) is 27.9 Å². The van der Waals surface area contributed by atoms with E-state index < -0.39 is 12.0 Å². The molecular formula is C13H14FNO3. The molecule has 0 aliphatic carbocycles. The van der Waals surface area contributed by atoms with Crippen molar-refractivity contribution in [3.05, 3.63) is 35.1 Å². The third kappa shape index (κ3) is 2.34. The molecule has 1 aromatic rings. The van der Waals surface area contributed by atoms with Crippen molar-refractivity contribution >= 4 is 11.9 Å². The first-order valence-corrected chi connectivity index (χ1v) is 5.76. The van der Waals surface area contributed by atoms with Gasteiger partial charge in [-0.3, -0.25) is 4.79 Å². The van der Waals surface area contributed by atoms with Crippen molar-refractivity contribution in [1.29, 1.82) is 0 Å². The summed E-state index contributed by atoms with van der Waals surface area (Å²) in [6.07, 6.45) is 0.563. The largest absolute Gasteiger partial charge is 0.480 e. The summed E-state index contributed by atoms with van der Waals surface area (Å²) in [4.78, 5) is 23.9. The van der Waals surface area contributed by atoms with Crippen molar-refractivity contribution in [3.63, 3.8) is 0 Å². The number of hydrogen-bond donors (Lipinski definition) is 1. The summed E-state index contributed by atoms with van der Waals surface area (Å²) in [5.41, 5.74) is 1.14. The molecule has 0 saturated carbocycles. The Bertz CT molecular complexity index is 501. The number of likely N-dealkylation sites (tertiary alicyclic amines) is 1. The van der Waals surface area contributed by atoms with Crippen LogP contribution in [0.5, 0.6) is 0 Å². The highest BCUT2D eigenvalue weighted by molar-refractivity contribution is 5.87. The first kappa shape index (κ1) is 12.5. The minimum absolute atomic E-state index is 0.146. The molecule has 1 unspecified atom stereocenters. The Labute approximate surface area is 104 Å². The molecule has 1 aliphatic rings. The standard InChI is InChI=1S/C13H14FNO3/c1-8-2-3-9(6-10(8)14)7-15-11(13(17)18)4-5-12(15)16/h2-3,6,11H,4-5,7H2,1H3,(H,17,18). The fourth-order valence-corrected chi connectivity index (χ4v) is 2.12. The molecule has 1 heterocycles. The number of nitrogens with zero attached hydrogens (tertiary/aromatic N) is 1. The molecule has 5 heteroatoms. The number of rotatable bonds is 3. The Morgan fingerprint density at radius 2 is 2.28 bits per heavy atom. The Morgan fingerprint density at radius 1 is 1.56 bits per heavy atom. The van der Waals surface area contributed by atoms with Gasteiger partial charge in [-0.25, -0.2) is 9.18 Å². The number of hydrogen-bond acceptors (Lipinski definition) is 2. The van der Waals surface area contributed by atoms with Gasteiger partial charge in [-0.05, 0) is 30.5 Å². The van der Waals surface area contributed by atoms with Gasteiger partial charge < -0.3 is 10.0 Å². The molecule has 18 heavy (non-hydrogen) atoms. The summed E-state index contributed by atoms with van der Waals surface area (Å²) in [5, 5.41) is 9.01. The summed E-state index contributed by atoms with van der Waals surface area (Å²) in [6, 6.07) is 3.89. The molecule has 0 radical (unpaired) electrons. The summed E-state index contributed by atoms with van der Waals surface area (Å²) in [7, 11) is 0. The van der Waals surface area contributed by atoms with Crippen LogP contribution in [0.3, 0.4) is 0 Å². The Hall–Kier alpha value is -1.91. The first-order chi connectivity index (χ1) is 8.49. The quantitative estimate of drug-likeness (QED) is 0.889. The lowest BCUT2D eigenvalue weighted by Crippen LogP contribution is -2.37. The third-order valence-corrected chi connectivity index (χ3v) is 3.20. The number of carbonyl (C=O) groups is 2. The molecule has 0 aromatic heterocycles. The van der Waals surface area contributed by atoms with E-state index in [0.717, 1.165) is 0 Å². The van der Waals surface area contributed by atoms with Gasteiger partial charge in [0.05, 0.1) is 0 Å². The lowest BCUT2D eigenvalue weighted by molar-refractivity contribution is -0.146. The van der Waals surface area contributed by atoms with Crippen LogP contribution in [0.25, 0.3) is 0 Å². The fourth-order valence-electron chi connectivity index (χ4n) is 2.12. The maximum Gasteiger partial charge on any atom is 0.326 e. The molecule has 1 amide bonds. The Kier molecular flexibility index (Phi) is 3.32. The molecule has 0 bridgehead atoms. The number of carboxylic acid groups (broad SMARTS) is 1. The number of carbonyl (C=O) groups excluding carboxylic acids is 1. The second-order valence-corrected chi connectivity index (χ2v) is 4.50. The highest BCUT2D eigenvalue weighted by Gasteiger charge is 2.35. The van der Waals surface area contributed by atoms with Crippen LogP contribution >= 0.6 is 0 Å². The van der Waals surface area contributed by atoms with E-state index in [9.17, 15) is 14.0 Å². The predicted octanol–water partition coefficient (Wildman–Crippen LogP) is 1.71. The maximum absolute atomic E-state index is 13.4. The van der Waals surface area contributed by atoms with Crippen LogP contribution in [0.15, 0.2) is 18.2 Å². The minimum atomic E-state index is -1.01. The van der Waals surface area contributed by atoms with Crippen molar-refractivity contribution in [2.45, 2.75) is 32.4 Å².